The van der Waals surface area contributed by atoms with E-state index in [1.807, 2.05) is 24.3 Å². The van der Waals surface area contributed by atoms with Gasteiger partial charge in [-0.3, -0.25) is 14.2 Å². The van der Waals surface area contributed by atoms with Crippen molar-refractivity contribution >= 4 is 32.5 Å². The van der Waals surface area contributed by atoms with Crippen LogP contribution >= 0.6 is 11.3 Å². The molecule has 0 aliphatic heterocycles. The van der Waals surface area contributed by atoms with Crippen LogP contribution in [-0.4, -0.2) is 14.5 Å². The smallest absolute Gasteiger partial charge is 0.262 e. The van der Waals surface area contributed by atoms with Gasteiger partial charge in [-0.1, -0.05) is 18.2 Å². The van der Waals surface area contributed by atoms with Gasteiger partial charge in [0, 0.05) is 21.8 Å². The highest BCUT2D eigenvalue weighted by atomic mass is 32.1. The zero-order valence-corrected chi connectivity index (χ0v) is 14.2. The molecule has 1 aliphatic rings. The molecule has 6 heteroatoms. The van der Waals surface area contributed by atoms with Crippen LogP contribution < -0.4 is 11.1 Å². The van der Waals surface area contributed by atoms with Crippen LogP contribution in [0, 0.1) is 0 Å². The molecular formula is C19H15N3O2S. The van der Waals surface area contributed by atoms with E-state index in [-0.39, 0.29) is 11.1 Å². The van der Waals surface area contributed by atoms with Gasteiger partial charge < -0.3 is 4.98 Å². The van der Waals surface area contributed by atoms with Crippen LogP contribution in [0.15, 0.2) is 46.2 Å². The average molecular weight is 349 g/mol. The summed E-state index contributed by atoms with van der Waals surface area (Å²) in [7, 11) is 0. The van der Waals surface area contributed by atoms with Crippen LogP contribution in [0.1, 0.15) is 22.4 Å². The summed E-state index contributed by atoms with van der Waals surface area (Å²) in [6.07, 6.45) is 4.73. The molecule has 5 rings (SSSR count). The van der Waals surface area contributed by atoms with Crippen LogP contribution in [0.3, 0.4) is 0 Å². The summed E-state index contributed by atoms with van der Waals surface area (Å²) in [5.74, 6) is 0. The number of aromatic nitrogens is 3. The van der Waals surface area contributed by atoms with E-state index in [2.05, 4.69) is 9.97 Å². The third-order valence-electron chi connectivity index (χ3n) is 4.87. The van der Waals surface area contributed by atoms with Gasteiger partial charge in [-0.05, 0) is 36.5 Å². The summed E-state index contributed by atoms with van der Waals surface area (Å²) in [5, 5.41) is 1.72. The van der Waals surface area contributed by atoms with E-state index in [1.165, 1.54) is 10.4 Å². The zero-order chi connectivity index (χ0) is 17.0. The molecule has 1 aliphatic carbocycles. The molecule has 25 heavy (non-hydrogen) atoms. The normalized spacial score (nSPS) is 13.6. The standard InChI is InChI=1S/C19H15N3O2S/c23-16-8-11(12-4-1-2-6-14(12)21-16)9-22-10-20-18-17(19(22)24)13-5-3-7-15(13)25-18/h1-2,4,6,8,10H,3,5,7,9H2,(H,21,23). The molecule has 0 saturated carbocycles. The Morgan fingerprint density at radius 2 is 2.08 bits per heavy atom. The largest absolute Gasteiger partial charge is 0.322 e. The number of rotatable bonds is 2. The van der Waals surface area contributed by atoms with Crippen LogP contribution in [0.25, 0.3) is 21.1 Å². The van der Waals surface area contributed by atoms with Crippen LogP contribution in [0.2, 0.25) is 0 Å². The summed E-state index contributed by atoms with van der Waals surface area (Å²) in [6, 6.07) is 9.21. The van der Waals surface area contributed by atoms with Gasteiger partial charge in [0.1, 0.15) is 4.83 Å². The lowest BCUT2D eigenvalue weighted by Gasteiger charge is -2.09. The molecule has 0 unspecified atom stereocenters. The molecule has 1 aromatic carbocycles. The number of nitrogens with one attached hydrogen (secondary N) is 1. The number of aryl methyl sites for hydroxylation is 2. The zero-order valence-electron chi connectivity index (χ0n) is 13.4. The molecule has 0 spiro atoms. The van der Waals surface area contributed by atoms with Crippen molar-refractivity contribution in [2.24, 2.45) is 0 Å². The maximum Gasteiger partial charge on any atom is 0.262 e. The number of H-pyrrole nitrogens is 1. The molecule has 5 nitrogen and oxygen atoms in total. The second kappa shape index (κ2) is 5.39. The first-order chi connectivity index (χ1) is 12.2. The molecule has 0 fully saturated rings. The van der Waals surface area contributed by atoms with Crippen LogP contribution in [0.4, 0.5) is 0 Å². The molecule has 3 heterocycles. The van der Waals surface area contributed by atoms with Gasteiger partial charge in [-0.15, -0.1) is 11.3 Å². The fourth-order valence-electron chi connectivity index (χ4n) is 3.72. The highest BCUT2D eigenvalue weighted by molar-refractivity contribution is 7.18. The predicted octanol–water partition coefficient (Wildman–Crippen LogP) is 2.84. The second-order valence-electron chi connectivity index (χ2n) is 6.42. The van der Waals surface area contributed by atoms with Crippen molar-refractivity contribution in [3.8, 4) is 0 Å². The van der Waals surface area contributed by atoms with E-state index in [1.54, 1.807) is 28.3 Å². The Bertz CT molecular complexity index is 1250. The molecule has 1 N–H and O–H groups in total. The minimum atomic E-state index is -0.160. The number of pyridine rings is 1. The number of nitrogens with zero attached hydrogens (tertiary/aromatic N) is 2. The van der Waals surface area contributed by atoms with E-state index >= 15 is 0 Å². The van der Waals surface area contributed by atoms with Gasteiger partial charge in [-0.2, -0.15) is 0 Å². The molecule has 0 amide bonds. The summed E-state index contributed by atoms with van der Waals surface area (Å²) in [4.78, 5) is 34.4. The molecule has 0 saturated heterocycles. The first-order valence-corrected chi connectivity index (χ1v) is 9.13. The van der Waals surface area contributed by atoms with Gasteiger partial charge in [0.05, 0.1) is 18.3 Å². The Labute approximate surface area is 146 Å². The van der Waals surface area contributed by atoms with Crippen molar-refractivity contribution in [1.82, 2.24) is 14.5 Å². The first kappa shape index (κ1) is 14.6. The Morgan fingerprint density at radius 3 is 3.00 bits per heavy atom. The van der Waals surface area contributed by atoms with Crippen molar-refractivity contribution in [2.45, 2.75) is 25.8 Å². The SMILES string of the molecule is O=c1cc(Cn2cnc3sc4c(c3c2=O)CCC4)c2ccccc2[nH]1. The van der Waals surface area contributed by atoms with E-state index in [0.717, 1.165) is 45.9 Å². The third kappa shape index (κ3) is 2.25. The third-order valence-corrected chi connectivity index (χ3v) is 6.07. The van der Waals surface area contributed by atoms with Gasteiger partial charge in [0.15, 0.2) is 0 Å². The number of aromatic amines is 1. The van der Waals surface area contributed by atoms with E-state index in [9.17, 15) is 9.59 Å². The lowest BCUT2D eigenvalue weighted by atomic mass is 10.1. The van der Waals surface area contributed by atoms with Crippen LogP contribution in [0.5, 0.6) is 0 Å². The van der Waals surface area contributed by atoms with E-state index < -0.39 is 0 Å². The molecule has 0 atom stereocenters. The number of fused-ring (bicyclic) bond motifs is 4. The molecule has 124 valence electrons. The highest BCUT2D eigenvalue weighted by Gasteiger charge is 2.21. The topological polar surface area (TPSA) is 67.8 Å². The Kier molecular flexibility index (Phi) is 3.15. The van der Waals surface area contributed by atoms with Gasteiger partial charge in [0.2, 0.25) is 5.56 Å². The predicted molar refractivity (Wildman–Crippen MR) is 99.6 cm³/mol. The fourth-order valence-corrected chi connectivity index (χ4v) is 4.94. The molecule has 0 bridgehead atoms. The molecule has 3 aromatic heterocycles. The maximum absolute atomic E-state index is 13.0. The highest BCUT2D eigenvalue weighted by Crippen LogP contribution is 2.34. The van der Waals surface area contributed by atoms with Crippen molar-refractivity contribution < 1.29 is 0 Å². The number of benzene rings is 1. The lowest BCUT2D eigenvalue weighted by molar-refractivity contribution is 0.751. The van der Waals surface area contributed by atoms with Gasteiger partial charge in [0.25, 0.3) is 5.56 Å². The average Bonchev–Trinajstić information content (AvgIpc) is 3.18. The van der Waals surface area contributed by atoms with Crippen molar-refractivity contribution in [3.63, 3.8) is 0 Å². The fraction of sp³-hybridized carbons (Fsp3) is 0.211. The summed E-state index contributed by atoms with van der Waals surface area (Å²) >= 11 is 1.64. The second-order valence-corrected chi connectivity index (χ2v) is 7.50. The first-order valence-electron chi connectivity index (χ1n) is 8.31. The van der Waals surface area contributed by atoms with Crippen molar-refractivity contribution in [3.05, 3.63) is 73.4 Å². The van der Waals surface area contributed by atoms with Crippen LogP contribution in [-0.2, 0) is 19.4 Å². The quantitative estimate of drug-likeness (QED) is 0.605. The maximum atomic E-state index is 13.0. The van der Waals surface area contributed by atoms with Crippen molar-refractivity contribution in [1.29, 1.82) is 0 Å². The van der Waals surface area contributed by atoms with Crippen molar-refractivity contribution in [2.75, 3.05) is 0 Å². The number of hydrogen-bond donors (Lipinski definition) is 1. The summed E-state index contributed by atoms with van der Waals surface area (Å²) < 4.78 is 1.62. The Hall–Kier alpha value is -2.73. The Morgan fingerprint density at radius 1 is 1.20 bits per heavy atom. The lowest BCUT2D eigenvalue weighted by Crippen LogP contribution is -2.22. The van der Waals surface area contributed by atoms with Gasteiger partial charge >= 0.3 is 0 Å². The van der Waals surface area contributed by atoms with Gasteiger partial charge in [-0.25, -0.2) is 4.98 Å². The monoisotopic (exact) mass is 349 g/mol. The summed E-state index contributed by atoms with van der Waals surface area (Å²) in [6.45, 7) is 0.344. The van der Waals surface area contributed by atoms with E-state index in [4.69, 9.17) is 0 Å². The van der Waals surface area contributed by atoms with E-state index in [0.29, 0.717) is 6.54 Å². The minimum absolute atomic E-state index is 0.00578. The number of para-hydroxylation sites is 1. The number of hydrogen-bond acceptors (Lipinski definition) is 4. The Balaban J connectivity index is 1.70. The molecular weight excluding hydrogens is 334 g/mol. The number of thiophene rings is 1. The molecule has 4 aromatic rings. The molecule has 0 radical (unpaired) electrons. The minimum Gasteiger partial charge on any atom is -0.322 e. The summed E-state index contributed by atoms with van der Waals surface area (Å²) in [5.41, 5.74) is 2.63.